The molecule has 2 radical (unpaired) electrons. The number of carbonyl (C=O) groups is 1. The largest absolute Gasteiger partial charge is 0.540 e. The van der Waals surface area contributed by atoms with Crippen molar-refractivity contribution in [2.45, 2.75) is 31.8 Å². The molecular formula is C21H18BFN2O4S. The van der Waals surface area contributed by atoms with Crippen molar-refractivity contribution in [2.75, 3.05) is 18.6 Å². The van der Waals surface area contributed by atoms with E-state index in [1.165, 1.54) is 29.8 Å². The quantitative estimate of drug-likeness (QED) is 0.602. The Bertz CT molecular complexity index is 1230. The number of anilines is 1. The molecule has 152 valence electrons. The SMILES string of the molecule is [B]OC(=O)c1cn(C2CC2)c2c(OC)c(N3CCc4sccc4C3)c(F)cc2c1=O. The number of nitrogens with zero attached hydrogens (tertiary/aromatic N) is 2. The van der Waals surface area contributed by atoms with E-state index in [2.05, 4.69) is 10.7 Å². The maximum atomic E-state index is 15.4. The molecule has 0 spiro atoms. The molecule has 1 saturated carbocycles. The number of thiophene rings is 1. The van der Waals surface area contributed by atoms with Gasteiger partial charge in [-0.3, -0.25) is 4.79 Å². The summed E-state index contributed by atoms with van der Waals surface area (Å²) in [6, 6.07) is 3.36. The Balaban J connectivity index is 1.76. The number of hydrogen-bond acceptors (Lipinski definition) is 6. The minimum Gasteiger partial charge on any atom is -0.540 e. The second-order valence-electron chi connectivity index (χ2n) is 7.59. The summed E-state index contributed by atoms with van der Waals surface area (Å²) in [5.41, 5.74) is 1.16. The van der Waals surface area contributed by atoms with Crippen LogP contribution >= 0.6 is 11.3 Å². The molecule has 0 bridgehead atoms. The number of pyridine rings is 1. The highest BCUT2D eigenvalue weighted by molar-refractivity contribution is 7.10. The lowest BCUT2D eigenvalue weighted by molar-refractivity contribution is 0.0747. The van der Waals surface area contributed by atoms with Gasteiger partial charge in [0.15, 0.2) is 11.6 Å². The monoisotopic (exact) mass is 424 g/mol. The Hall–Kier alpha value is -2.81. The van der Waals surface area contributed by atoms with Gasteiger partial charge in [0, 0.05) is 30.2 Å². The summed E-state index contributed by atoms with van der Waals surface area (Å²) in [6.07, 6.45) is 4.07. The predicted octanol–water partition coefficient (Wildman–Crippen LogP) is 3.35. The first-order chi connectivity index (χ1) is 14.5. The molecule has 0 saturated heterocycles. The zero-order valence-electron chi connectivity index (χ0n) is 16.3. The van der Waals surface area contributed by atoms with Gasteiger partial charge in [-0.1, -0.05) is 0 Å². The number of benzene rings is 1. The number of aromatic nitrogens is 1. The van der Waals surface area contributed by atoms with Gasteiger partial charge < -0.3 is 18.9 Å². The van der Waals surface area contributed by atoms with E-state index in [-0.39, 0.29) is 17.0 Å². The van der Waals surface area contributed by atoms with Crippen LogP contribution in [0.5, 0.6) is 5.75 Å². The minimum atomic E-state index is -0.944. The molecule has 1 aromatic carbocycles. The highest BCUT2D eigenvalue weighted by Crippen LogP contribution is 2.44. The fourth-order valence-electron chi connectivity index (χ4n) is 4.22. The number of hydrogen-bond donors (Lipinski definition) is 0. The third kappa shape index (κ3) is 2.91. The molecule has 1 fully saturated rings. The van der Waals surface area contributed by atoms with E-state index in [0.717, 1.165) is 19.3 Å². The molecule has 0 N–H and O–H groups in total. The first kappa shape index (κ1) is 19.2. The van der Waals surface area contributed by atoms with E-state index in [1.54, 1.807) is 11.3 Å². The van der Waals surface area contributed by atoms with Gasteiger partial charge in [0.05, 0.1) is 18.0 Å². The molecule has 3 heterocycles. The van der Waals surface area contributed by atoms with E-state index in [1.807, 2.05) is 14.8 Å². The summed E-state index contributed by atoms with van der Waals surface area (Å²) in [5.74, 6) is -1.20. The van der Waals surface area contributed by atoms with Gasteiger partial charge in [0.25, 0.3) is 0 Å². The van der Waals surface area contributed by atoms with E-state index in [0.29, 0.717) is 30.0 Å². The molecular weight excluding hydrogens is 406 g/mol. The topological polar surface area (TPSA) is 60.8 Å². The van der Waals surface area contributed by atoms with Crippen molar-refractivity contribution in [1.29, 1.82) is 0 Å². The van der Waals surface area contributed by atoms with Crippen molar-refractivity contribution in [2.24, 2.45) is 0 Å². The van der Waals surface area contributed by atoms with E-state index >= 15 is 4.39 Å². The molecule has 6 nitrogen and oxygen atoms in total. The molecule has 1 aliphatic heterocycles. The lowest BCUT2D eigenvalue weighted by atomic mass is 10.0. The van der Waals surface area contributed by atoms with Gasteiger partial charge in [-0.15, -0.1) is 11.3 Å². The van der Waals surface area contributed by atoms with Crippen molar-refractivity contribution >= 4 is 41.9 Å². The van der Waals surface area contributed by atoms with Crippen LogP contribution in [0.2, 0.25) is 0 Å². The van der Waals surface area contributed by atoms with Crippen molar-refractivity contribution in [3.63, 3.8) is 0 Å². The van der Waals surface area contributed by atoms with Crippen LogP contribution in [0.3, 0.4) is 0 Å². The zero-order valence-corrected chi connectivity index (χ0v) is 17.1. The van der Waals surface area contributed by atoms with Crippen LogP contribution in [0.25, 0.3) is 10.9 Å². The van der Waals surface area contributed by atoms with Gasteiger partial charge in [-0.2, -0.15) is 0 Å². The third-order valence-corrected chi connectivity index (χ3v) is 6.82. The minimum absolute atomic E-state index is 0.0798. The number of rotatable bonds is 4. The predicted molar refractivity (Wildman–Crippen MR) is 113 cm³/mol. The average Bonchev–Trinajstić information content (AvgIpc) is 3.49. The van der Waals surface area contributed by atoms with Gasteiger partial charge in [0.1, 0.15) is 11.3 Å². The summed E-state index contributed by atoms with van der Waals surface area (Å²) in [4.78, 5) is 28.2. The highest BCUT2D eigenvalue weighted by atomic mass is 32.1. The molecule has 0 unspecified atom stereocenters. The number of carbonyl (C=O) groups excluding carboxylic acids is 1. The van der Waals surface area contributed by atoms with Crippen molar-refractivity contribution in [3.8, 4) is 5.75 Å². The van der Waals surface area contributed by atoms with E-state index in [4.69, 9.17) is 12.8 Å². The standard InChI is InChI=1S/C21H18BFN2O4S/c1-28-20-17-13(19(26)14(21(27)29-22)10-25(17)12-2-3-12)8-15(23)18(20)24-6-4-16-11(9-24)5-7-30-16/h5,7-8,10,12H,2-4,6,9H2,1H3. The molecule has 2 aromatic heterocycles. The van der Waals surface area contributed by atoms with E-state index in [9.17, 15) is 9.59 Å². The fourth-order valence-corrected chi connectivity index (χ4v) is 5.11. The molecule has 1 aliphatic carbocycles. The van der Waals surface area contributed by atoms with Crippen LogP contribution in [-0.2, 0) is 17.6 Å². The van der Waals surface area contributed by atoms with Crippen LogP contribution in [-0.4, -0.2) is 32.2 Å². The first-order valence-electron chi connectivity index (χ1n) is 9.70. The normalized spacial score (nSPS) is 15.9. The fraction of sp³-hybridized carbons (Fsp3) is 0.333. The number of ether oxygens (including phenoxy) is 1. The Kier molecular flexibility index (Phi) is 4.58. The molecule has 2 aliphatic rings. The van der Waals surface area contributed by atoms with Gasteiger partial charge in [-0.05, 0) is 42.3 Å². The maximum Gasteiger partial charge on any atom is 0.378 e. The maximum absolute atomic E-state index is 15.4. The van der Waals surface area contributed by atoms with Gasteiger partial charge >= 0.3 is 14.0 Å². The summed E-state index contributed by atoms with van der Waals surface area (Å²) in [6.45, 7) is 1.22. The van der Waals surface area contributed by atoms with Crippen molar-refractivity contribution in [1.82, 2.24) is 4.57 Å². The Labute approximate surface area is 177 Å². The van der Waals surface area contributed by atoms with Crippen LogP contribution in [0.1, 0.15) is 39.7 Å². The van der Waals surface area contributed by atoms with Crippen LogP contribution < -0.4 is 15.1 Å². The number of halogens is 1. The van der Waals surface area contributed by atoms with Crippen molar-refractivity contribution < 1.29 is 18.6 Å². The lowest BCUT2D eigenvalue weighted by Crippen LogP contribution is -2.31. The number of fused-ring (bicyclic) bond motifs is 2. The highest BCUT2D eigenvalue weighted by Gasteiger charge is 2.32. The summed E-state index contributed by atoms with van der Waals surface area (Å²) in [5, 5.41) is 2.13. The molecule has 0 atom stereocenters. The third-order valence-electron chi connectivity index (χ3n) is 5.79. The lowest BCUT2D eigenvalue weighted by Gasteiger charge is -2.31. The second kappa shape index (κ2) is 7.16. The van der Waals surface area contributed by atoms with E-state index < -0.39 is 17.2 Å². The summed E-state index contributed by atoms with van der Waals surface area (Å²) >= 11 is 1.71. The zero-order chi connectivity index (χ0) is 21.0. The van der Waals surface area contributed by atoms with Crippen LogP contribution in [0, 0.1) is 5.82 Å². The molecule has 9 heteroatoms. The molecule has 30 heavy (non-hydrogen) atoms. The Morgan fingerprint density at radius 3 is 2.87 bits per heavy atom. The van der Waals surface area contributed by atoms with Gasteiger partial charge in [0.2, 0.25) is 5.43 Å². The second-order valence-corrected chi connectivity index (χ2v) is 8.59. The van der Waals surface area contributed by atoms with Crippen LogP contribution in [0.4, 0.5) is 10.1 Å². The summed E-state index contributed by atoms with van der Waals surface area (Å²) < 4.78 is 27.2. The Morgan fingerprint density at radius 2 is 2.17 bits per heavy atom. The van der Waals surface area contributed by atoms with Crippen molar-refractivity contribution in [3.05, 3.63) is 55.8 Å². The van der Waals surface area contributed by atoms with Gasteiger partial charge in [-0.25, -0.2) is 9.18 Å². The smallest absolute Gasteiger partial charge is 0.378 e. The molecule has 0 amide bonds. The Morgan fingerprint density at radius 1 is 1.37 bits per heavy atom. The molecule has 5 rings (SSSR count). The molecule has 3 aromatic rings. The summed E-state index contributed by atoms with van der Waals surface area (Å²) in [7, 11) is 6.47. The first-order valence-corrected chi connectivity index (χ1v) is 10.6. The average molecular weight is 424 g/mol. The van der Waals surface area contributed by atoms with Crippen LogP contribution in [0.15, 0.2) is 28.5 Å². The number of methoxy groups -OCH3 is 1.